The van der Waals surface area contributed by atoms with Crippen LogP contribution >= 0.6 is 0 Å². The minimum atomic E-state index is -4.59. The summed E-state index contributed by atoms with van der Waals surface area (Å²) in [6, 6.07) is 9.68. The number of nitrogens with zero attached hydrogens (tertiary/aromatic N) is 1. The summed E-state index contributed by atoms with van der Waals surface area (Å²) in [5.74, 6) is 0.295. The van der Waals surface area contributed by atoms with Gasteiger partial charge < -0.3 is 9.84 Å². The summed E-state index contributed by atoms with van der Waals surface area (Å²) < 4.78 is 71.2. The molecule has 3 aromatic rings. The summed E-state index contributed by atoms with van der Waals surface area (Å²) in [6.45, 7) is 1.71. The molecule has 1 amide bonds. The third-order valence-electron chi connectivity index (χ3n) is 5.15. The second-order valence-electron chi connectivity index (χ2n) is 7.86. The Kier molecular flexibility index (Phi) is 6.22. The lowest BCUT2D eigenvalue weighted by atomic mass is 10.2. The monoisotopic (exact) mass is 491 g/mol. The van der Waals surface area contributed by atoms with Gasteiger partial charge in [-0.05, 0) is 61.7 Å². The van der Waals surface area contributed by atoms with Crippen molar-refractivity contribution in [3.05, 3.63) is 71.1 Å². The quantitative estimate of drug-likeness (QED) is 0.466. The Morgan fingerprint density at radius 2 is 1.82 bits per heavy atom. The number of alkyl halides is 3. The largest absolute Gasteiger partial charge is 0.416 e. The molecule has 1 aliphatic carbocycles. The van der Waals surface area contributed by atoms with E-state index in [9.17, 15) is 26.4 Å². The highest BCUT2D eigenvalue weighted by Crippen LogP contribution is 2.32. The van der Waals surface area contributed by atoms with E-state index >= 15 is 0 Å². The number of nitrogens with one attached hydrogen (secondary N) is 2. The first kappa shape index (κ1) is 23.6. The molecule has 0 spiro atoms. The number of hydrogen-bond acceptors (Lipinski definition) is 5. The molecule has 1 aliphatic rings. The molecular weight excluding hydrogens is 471 g/mol. The smallest absolute Gasteiger partial charge is 0.354 e. The summed E-state index contributed by atoms with van der Waals surface area (Å²) in [6.07, 6.45) is 0.396. The number of carbonyl (C=O) groups excluding carboxylic acids is 1. The van der Waals surface area contributed by atoms with Crippen molar-refractivity contribution in [1.29, 1.82) is 0 Å². The van der Waals surface area contributed by atoms with Crippen LogP contribution in [0.2, 0.25) is 0 Å². The predicted octanol–water partition coefficient (Wildman–Crippen LogP) is 5.32. The summed E-state index contributed by atoms with van der Waals surface area (Å²) in [5.41, 5.74) is 0.503. The topological polar surface area (TPSA) is 101 Å². The van der Waals surface area contributed by atoms with Crippen molar-refractivity contribution in [3.8, 4) is 0 Å². The molecule has 0 atom stereocenters. The maximum absolute atomic E-state index is 12.9. The van der Waals surface area contributed by atoms with E-state index in [-0.39, 0.29) is 22.4 Å². The molecule has 7 nitrogen and oxygen atoms in total. The average molecular weight is 491 g/mol. The number of aromatic nitrogens is 1. The van der Waals surface area contributed by atoms with Crippen molar-refractivity contribution in [2.45, 2.75) is 30.8 Å². The van der Waals surface area contributed by atoms with Crippen LogP contribution in [0, 0.1) is 12.8 Å². The Morgan fingerprint density at radius 1 is 1.12 bits per heavy atom. The number of sulfonamides is 1. The number of halogens is 3. The number of hydrogen-bond donors (Lipinski definition) is 2. The fourth-order valence-electron chi connectivity index (χ4n) is 3.13. The van der Waals surface area contributed by atoms with Gasteiger partial charge >= 0.3 is 6.18 Å². The van der Waals surface area contributed by atoms with E-state index in [2.05, 4.69) is 15.2 Å². The minimum Gasteiger partial charge on any atom is -0.354 e. The lowest BCUT2D eigenvalue weighted by molar-refractivity contribution is -0.137. The van der Waals surface area contributed by atoms with Gasteiger partial charge in [-0.3, -0.25) is 9.52 Å². The first-order valence-electron chi connectivity index (χ1n) is 10.3. The van der Waals surface area contributed by atoms with Crippen LogP contribution in [0.25, 0.3) is 12.2 Å². The van der Waals surface area contributed by atoms with E-state index in [1.165, 1.54) is 30.3 Å². The van der Waals surface area contributed by atoms with Crippen molar-refractivity contribution in [2.75, 3.05) is 10.0 Å². The minimum absolute atomic E-state index is 0.0187. The summed E-state index contributed by atoms with van der Waals surface area (Å²) in [7, 11) is -4.10. The van der Waals surface area contributed by atoms with Crippen LogP contribution < -0.4 is 10.0 Å². The van der Waals surface area contributed by atoms with Gasteiger partial charge in [-0.2, -0.15) is 13.2 Å². The van der Waals surface area contributed by atoms with Gasteiger partial charge in [-0.15, -0.1) is 0 Å². The fourth-order valence-corrected chi connectivity index (χ4v) is 4.18. The van der Waals surface area contributed by atoms with Gasteiger partial charge in [0, 0.05) is 11.6 Å². The standard InChI is InChI=1S/C23H20F3N3O4S/c1-14-21(27-22(30)16-8-9-16)20(33-28-14)12-7-15-5-10-19(11-6-15)34(31,32)29-18-4-2-3-17(13-18)23(24,25)26/h2-7,10-13,16,29H,8-9H2,1H3,(H,27,30). The lowest BCUT2D eigenvalue weighted by Gasteiger charge is -2.11. The Morgan fingerprint density at radius 3 is 2.47 bits per heavy atom. The van der Waals surface area contributed by atoms with Gasteiger partial charge in [0.2, 0.25) is 5.91 Å². The number of amides is 1. The van der Waals surface area contributed by atoms with Gasteiger partial charge in [0.15, 0.2) is 5.76 Å². The van der Waals surface area contributed by atoms with Crippen LogP contribution in [0.15, 0.2) is 57.9 Å². The zero-order valence-corrected chi connectivity index (χ0v) is 18.7. The number of benzene rings is 2. The molecule has 34 heavy (non-hydrogen) atoms. The number of rotatable bonds is 7. The molecule has 178 valence electrons. The van der Waals surface area contributed by atoms with E-state index in [4.69, 9.17) is 4.52 Å². The second-order valence-corrected chi connectivity index (χ2v) is 9.54. The van der Waals surface area contributed by atoms with Crippen molar-refractivity contribution >= 4 is 39.5 Å². The molecule has 0 saturated heterocycles. The maximum atomic E-state index is 12.9. The van der Waals surface area contributed by atoms with Crippen molar-refractivity contribution in [2.24, 2.45) is 5.92 Å². The number of aryl methyl sites for hydroxylation is 1. The molecule has 0 bridgehead atoms. The van der Waals surface area contributed by atoms with Crippen LogP contribution in [-0.4, -0.2) is 19.5 Å². The molecule has 2 aromatic carbocycles. The molecule has 1 heterocycles. The van der Waals surface area contributed by atoms with Gasteiger partial charge in [0.1, 0.15) is 11.4 Å². The molecule has 4 rings (SSSR count). The highest BCUT2D eigenvalue weighted by Gasteiger charge is 2.31. The van der Waals surface area contributed by atoms with Gasteiger partial charge in [-0.1, -0.05) is 29.4 Å². The molecule has 11 heteroatoms. The maximum Gasteiger partial charge on any atom is 0.416 e. The van der Waals surface area contributed by atoms with Crippen LogP contribution in [0.3, 0.4) is 0 Å². The third-order valence-corrected chi connectivity index (χ3v) is 6.54. The molecule has 1 saturated carbocycles. The molecule has 2 N–H and O–H groups in total. The molecule has 0 radical (unpaired) electrons. The Balaban J connectivity index is 1.47. The number of carbonyl (C=O) groups is 1. The van der Waals surface area contributed by atoms with Gasteiger partial charge in [0.25, 0.3) is 10.0 Å². The highest BCUT2D eigenvalue weighted by molar-refractivity contribution is 7.92. The van der Waals surface area contributed by atoms with Crippen LogP contribution in [0.4, 0.5) is 24.5 Å². The molecule has 0 unspecified atom stereocenters. The molecule has 0 aliphatic heterocycles. The van der Waals surface area contributed by atoms with Crippen molar-refractivity contribution in [1.82, 2.24) is 5.16 Å². The van der Waals surface area contributed by atoms with Crippen molar-refractivity contribution < 1.29 is 30.9 Å². The SMILES string of the molecule is Cc1noc(C=Cc2ccc(S(=O)(=O)Nc3cccc(C(F)(F)F)c3)cc2)c1NC(=O)C1CC1. The van der Waals surface area contributed by atoms with Gasteiger partial charge in [0.05, 0.1) is 10.5 Å². The van der Waals surface area contributed by atoms with Crippen LogP contribution in [0.5, 0.6) is 0 Å². The summed E-state index contributed by atoms with van der Waals surface area (Å²) in [5, 5.41) is 6.69. The molecular formula is C23H20F3N3O4S. The van der Waals surface area contributed by atoms with Gasteiger partial charge in [-0.25, -0.2) is 8.42 Å². The molecule has 1 fully saturated rings. The summed E-state index contributed by atoms with van der Waals surface area (Å²) >= 11 is 0. The highest BCUT2D eigenvalue weighted by atomic mass is 32.2. The first-order chi connectivity index (χ1) is 16.0. The zero-order chi connectivity index (χ0) is 24.5. The van der Waals surface area contributed by atoms with Crippen molar-refractivity contribution in [3.63, 3.8) is 0 Å². The van der Waals surface area contributed by atoms with E-state index in [0.29, 0.717) is 22.7 Å². The average Bonchev–Trinajstić information content (AvgIpc) is 3.58. The number of anilines is 2. The zero-order valence-electron chi connectivity index (χ0n) is 17.9. The molecule has 1 aromatic heterocycles. The Bertz CT molecular complexity index is 1340. The second kappa shape index (κ2) is 8.98. The Labute approximate surface area is 193 Å². The van der Waals surface area contributed by atoms with E-state index in [0.717, 1.165) is 31.0 Å². The lowest BCUT2D eigenvalue weighted by Crippen LogP contribution is -2.14. The first-order valence-corrected chi connectivity index (χ1v) is 11.8. The Hall–Kier alpha value is -3.60. The van der Waals surface area contributed by atoms with E-state index < -0.39 is 21.8 Å². The predicted molar refractivity (Wildman–Crippen MR) is 120 cm³/mol. The summed E-state index contributed by atoms with van der Waals surface area (Å²) in [4.78, 5) is 11.9. The fraction of sp³-hybridized carbons (Fsp3) is 0.217. The van der Waals surface area contributed by atoms with E-state index in [1.54, 1.807) is 19.1 Å². The van der Waals surface area contributed by atoms with Crippen LogP contribution in [0.1, 0.15) is 35.4 Å². The third kappa shape index (κ3) is 5.48. The van der Waals surface area contributed by atoms with Crippen LogP contribution in [-0.2, 0) is 21.0 Å². The normalized spacial score (nSPS) is 14.4. The van der Waals surface area contributed by atoms with E-state index in [1.807, 2.05) is 0 Å².